The SMILES string of the molecule is O=[N+]([O-])c1ccccc1-c1ccc(NS(=O)(=O)c2cc(Cl)c(Cl)cc2Cl)cc1. The molecule has 0 spiro atoms. The summed E-state index contributed by atoms with van der Waals surface area (Å²) >= 11 is 17.7. The average molecular weight is 458 g/mol. The molecule has 0 aliphatic rings. The smallest absolute Gasteiger partial charge is 0.277 e. The molecule has 3 rings (SSSR count). The third-order valence-corrected chi connectivity index (χ3v) is 6.38. The maximum absolute atomic E-state index is 12.6. The van der Waals surface area contributed by atoms with E-state index in [0.717, 1.165) is 6.07 Å². The van der Waals surface area contributed by atoms with Crippen molar-refractivity contribution in [2.45, 2.75) is 4.90 Å². The Hall–Kier alpha value is -2.32. The molecule has 0 atom stereocenters. The van der Waals surface area contributed by atoms with Gasteiger partial charge in [-0.15, -0.1) is 0 Å². The number of benzene rings is 3. The van der Waals surface area contributed by atoms with Gasteiger partial charge in [-0.1, -0.05) is 59.1 Å². The average Bonchev–Trinajstić information content (AvgIpc) is 2.65. The topological polar surface area (TPSA) is 89.3 Å². The summed E-state index contributed by atoms with van der Waals surface area (Å²) in [6, 6.07) is 14.8. The van der Waals surface area contributed by atoms with Crippen LogP contribution in [0.1, 0.15) is 0 Å². The molecule has 28 heavy (non-hydrogen) atoms. The Kier molecular flexibility index (Phi) is 5.81. The lowest BCUT2D eigenvalue weighted by Gasteiger charge is -2.11. The number of rotatable bonds is 5. The van der Waals surface area contributed by atoms with E-state index in [9.17, 15) is 18.5 Å². The van der Waals surface area contributed by atoms with Crippen LogP contribution in [0, 0.1) is 10.1 Å². The van der Waals surface area contributed by atoms with Crippen molar-refractivity contribution < 1.29 is 13.3 Å². The van der Waals surface area contributed by atoms with Crippen LogP contribution in [0.25, 0.3) is 11.1 Å². The second-order valence-corrected chi connectivity index (χ2v) is 8.53. The molecule has 0 bridgehead atoms. The fourth-order valence-corrected chi connectivity index (χ4v) is 4.58. The lowest BCUT2D eigenvalue weighted by atomic mass is 10.0. The Morgan fingerprint density at radius 3 is 2.11 bits per heavy atom. The molecule has 10 heteroatoms. The van der Waals surface area contributed by atoms with Crippen LogP contribution in [-0.2, 0) is 10.0 Å². The molecule has 0 amide bonds. The van der Waals surface area contributed by atoms with E-state index in [4.69, 9.17) is 34.8 Å². The van der Waals surface area contributed by atoms with E-state index in [1.54, 1.807) is 30.3 Å². The van der Waals surface area contributed by atoms with Gasteiger partial charge in [-0.25, -0.2) is 8.42 Å². The van der Waals surface area contributed by atoms with Crippen molar-refractivity contribution in [3.05, 3.63) is 85.8 Å². The predicted molar refractivity (Wildman–Crippen MR) is 111 cm³/mol. The number of nitro groups is 1. The summed E-state index contributed by atoms with van der Waals surface area (Å²) < 4.78 is 27.6. The first-order valence-corrected chi connectivity index (χ1v) is 10.3. The number of nitrogens with one attached hydrogen (secondary N) is 1. The van der Waals surface area contributed by atoms with E-state index >= 15 is 0 Å². The summed E-state index contributed by atoms with van der Waals surface area (Å²) in [4.78, 5) is 10.5. The van der Waals surface area contributed by atoms with Crippen LogP contribution in [0.15, 0.2) is 65.6 Å². The minimum Gasteiger partial charge on any atom is -0.280 e. The highest BCUT2D eigenvalue weighted by molar-refractivity contribution is 7.92. The zero-order valence-corrected chi connectivity index (χ0v) is 17.0. The van der Waals surface area contributed by atoms with Gasteiger partial charge in [0.25, 0.3) is 15.7 Å². The summed E-state index contributed by atoms with van der Waals surface area (Å²) in [5, 5.41) is 11.3. The van der Waals surface area contributed by atoms with Gasteiger partial charge in [0.15, 0.2) is 0 Å². The number of anilines is 1. The predicted octanol–water partition coefficient (Wildman–Crippen LogP) is 6.02. The maximum atomic E-state index is 12.6. The van der Waals surface area contributed by atoms with Crippen molar-refractivity contribution in [2.75, 3.05) is 4.72 Å². The highest BCUT2D eigenvalue weighted by Gasteiger charge is 2.20. The molecule has 0 radical (unpaired) electrons. The molecule has 3 aromatic rings. The van der Waals surface area contributed by atoms with Crippen LogP contribution >= 0.6 is 34.8 Å². The van der Waals surface area contributed by atoms with E-state index < -0.39 is 14.9 Å². The Bertz CT molecular complexity index is 1170. The molecular weight excluding hydrogens is 447 g/mol. The molecular formula is C18H11Cl3N2O4S. The quantitative estimate of drug-likeness (QED) is 0.288. The molecule has 0 saturated heterocycles. The van der Waals surface area contributed by atoms with Gasteiger partial charge < -0.3 is 0 Å². The minimum atomic E-state index is -4.02. The van der Waals surface area contributed by atoms with Gasteiger partial charge in [-0.3, -0.25) is 14.8 Å². The fourth-order valence-electron chi connectivity index (χ4n) is 2.52. The minimum absolute atomic E-state index is 0.0431. The molecule has 0 heterocycles. The monoisotopic (exact) mass is 456 g/mol. The van der Waals surface area contributed by atoms with Crippen LogP contribution < -0.4 is 4.72 Å². The van der Waals surface area contributed by atoms with Crippen LogP contribution in [0.3, 0.4) is 0 Å². The van der Waals surface area contributed by atoms with Gasteiger partial charge in [0.05, 0.1) is 25.6 Å². The van der Waals surface area contributed by atoms with Crippen LogP contribution in [0.2, 0.25) is 15.1 Å². The number of halogens is 3. The van der Waals surface area contributed by atoms with E-state index in [2.05, 4.69) is 4.72 Å². The number of para-hydroxylation sites is 1. The van der Waals surface area contributed by atoms with Crippen LogP contribution in [-0.4, -0.2) is 13.3 Å². The summed E-state index contributed by atoms with van der Waals surface area (Å²) in [6.45, 7) is 0. The first kappa shape index (κ1) is 20.4. The molecule has 0 aliphatic heterocycles. The number of nitrogens with zero attached hydrogens (tertiary/aromatic N) is 1. The zero-order chi connectivity index (χ0) is 20.5. The van der Waals surface area contributed by atoms with E-state index in [-0.39, 0.29) is 31.3 Å². The first-order chi connectivity index (χ1) is 13.2. The molecule has 0 unspecified atom stereocenters. The van der Waals surface area contributed by atoms with Gasteiger partial charge >= 0.3 is 0 Å². The molecule has 0 aliphatic carbocycles. The first-order valence-electron chi connectivity index (χ1n) is 7.70. The van der Waals surface area contributed by atoms with Crippen LogP contribution in [0.5, 0.6) is 0 Å². The lowest BCUT2D eigenvalue weighted by molar-refractivity contribution is -0.384. The molecule has 0 fully saturated rings. The van der Waals surface area contributed by atoms with Crippen molar-refractivity contribution in [2.24, 2.45) is 0 Å². The Balaban J connectivity index is 1.91. The number of hydrogen-bond donors (Lipinski definition) is 1. The summed E-state index contributed by atoms with van der Waals surface area (Å²) in [5.74, 6) is 0. The second-order valence-electron chi connectivity index (χ2n) is 5.65. The van der Waals surface area contributed by atoms with Gasteiger partial charge in [0.1, 0.15) is 4.90 Å². The van der Waals surface area contributed by atoms with Gasteiger partial charge in [-0.2, -0.15) is 0 Å². The van der Waals surface area contributed by atoms with Crippen molar-refractivity contribution >= 4 is 56.2 Å². The van der Waals surface area contributed by atoms with E-state index in [1.807, 2.05) is 0 Å². The molecule has 0 saturated carbocycles. The van der Waals surface area contributed by atoms with E-state index in [1.165, 1.54) is 24.3 Å². The highest BCUT2D eigenvalue weighted by atomic mass is 35.5. The Morgan fingerprint density at radius 1 is 0.857 bits per heavy atom. The van der Waals surface area contributed by atoms with Crippen molar-refractivity contribution in [3.8, 4) is 11.1 Å². The summed E-state index contributed by atoms with van der Waals surface area (Å²) in [5.41, 5.74) is 1.21. The third-order valence-electron chi connectivity index (χ3n) is 3.81. The Labute approximate surface area is 175 Å². The largest absolute Gasteiger partial charge is 0.280 e. The van der Waals surface area contributed by atoms with Gasteiger partial charge in [0, 0.05) is 11.8 Å². The molecule has 6 nitrogen and oxygen atoms in total. The molecule has 1 N–H and O–H groups in total. The number of nitro benzene ring substituents is 1. The van der Waals surface area contributed by atoms with Crippen molar-refractivity contribution in [1.29, 1.82) is 0 Å². The molecule has 0 aromatic heterocycles. The summed E-state index contributed by atoms with van der Waals surface area (Å²) in [7, 11) is -4.02. The summed E-state index contributed by atoms with van der Waals surface area (Å²) in [6.07, 6.45) is 0. The lowest BCUT2D eigenvalue weighted by Crippen LogP contribution is -2.13. The van der Waals surface area contributed by atoms with Gasteiger partial charge in [0.2, 0.25) is 0 Å². The van der Waals surface area contributed by atoms with Crippen LogP contribution in [0.4, 0.5) is 11.4 Å². The number of hydrogen-bond acceptors (Lipinski definition) is 4. The van der Waals surface area contributed by atoms with Crippen molar-refractivity contribution in [3.63, 3.8) is 0 Å². The molecule has 144 valence electrons. The fraction of sp³-hybridized carbons (Fsp3) is 0. The second kappa shape index (κ2) is 7.97. The maximum Gasteiger partial charge on any atom is 0.277 e. The zero-order valence-electron chi connectivity index (χ0n) is 13.9. The molecule has 3 aromatic carbocycles. The van der Waals surface area contributed by atoms with E-state index in [0.29, 0.717) is 11.1 Å². The normalized spacial score (nSPS) is 11.2. The third kappa shape index (κ3) is 4.23. The standard InChI is InChI=1S/C18H11Cl3N2O4S/c19-14-9-16(21)18(10-15(14)20)28(26,27)22-12-7-5-11(6-8-12)13-3-1-2-4-17(13)23(24)25/h1-10,22H. The number of sulfonamides is 1. The highest BCUT2D eigenvalue weighted by Crippen LogP contribution is 2.33. The Morgan fingerprint density at radius 2 is 1.46 bits per heavy atom. The van der Waals surface area contributed by atoms with Crippen molar-refractivity contribution in [1.82, 2.24) is 0 Å². The van der Waals surface area contributed by atoms with Gasteiger partial charge in [-0.05, 0) is 35.9 Å².